The van der Waals surface area contributed by atoms with Crippen LogP contribution in [0.2, 0.25) is 0 Å². The Morgan fingerprint density at radius 2 is 1.67 bits per heavy atom. The first-order valence-corrected chi connectivity index (χ1v) is 9.19. The van der Waals surface area contributed by atoms with Gasteiger partial charge in [-0.1, -0.05) is 32.0 Å². The number of carbonyl (C=O) groups is 2. The van der Waals surface area contributed by atoms with Crippen molar-refractivity contribution in [2.75, 3.05) is 39.5 Å². The number of anilines is 1. The summed E-state index contributed by atoms with van der Waals surface area (Å²) in [5, 5.41) is 14.9. The molecule has 7 heteroatoms. The van der Waals surface area contributed by atoms with Crippen molar-refractivity contribution in [1.29, 1.82) is 0 Å². The molecule has 0 atom stereocenters. The Morgan fingerprint density at radius 3 is 2.22 bits per heavy atom. The van der Waals surface area contributed by atoms with Gasteiger partial charge in [-0.3, -0.25) is 9.59 Å². The molecule has 0 aromatic heterocycles. The molecule has 0 heterocycles. The van der Waals surface area contributed by atoms with Crippen molar-refractivity contribution in [3.05, 3.63) is 41.7 Å². The minimum atomic E-state index is -0.346. The second-order valence-electron chi connectivity index (χ2n) is 7.20. The van der Waals surface area contributed by atoms with Gasteiger partial charge in [0.1, 0.15) is 5.70 Å². The third-order valence-corrected chi connectivity index (χ3v) is 4.05. The van der Waals surface area contributed by atoms with Crippen molar-refractivity contribution in [2.24, 2.45) is 5.41 Å². The molecule has 7 nitrogen and oxygen atoms in total. The molecule has 150 valence electrons. The second kappa shape index (κ2) is 11.4. The van der Waals surface area contributed by atoms with Gasteiger partial charge in [0.2, 0.25) is 5.91 Å². The van der Waals surface area contributed by atoms with Crippen LogP contribution in [-0.4, -0.2) is 46.0 Å². The summed E-state index contributed by atoms with van der Waals surface area (Å²) in [4.78, 5) is 25.4. The highest BCUT2D eigenvalue weighted by molar-refractivity contribution is 6.06. The first-order valence-electron chi connectivity index (χ1n) is 9.19. The van der Waals surface area contributed by atoms with Gasteiger partial charge in [-0.2, -0.15) is 0 Å². The summed E-state index contributed by atoms with van der Waals surface area (Å²) in [5.74, 6) is -0.535. The summed E-state index contributed by atoms with van der Waals surface area (Å²) in [7, 11) is 5.45. The van der Waals surface area contributed by atoms with Crippen LogP contribution in [0, 0.1) is 5.41 Å². The minimum Gasteiger partial charge on any atom is -0.390 e. The molecule has 0 aliphatic heterocycles. The Kier molecular flexibility index (Phi) is 9.53. The Hall–Kier alpha value is -2.38. The number of carbonyl (C=O) groups excluding carboxylic acids is 2. The van der Waals surface area contributed by atoms with E-state index in [1.54, 1.807) is 19.2 Å². The van der Waals surface area contributed by atoms with E-state index in [1.807, 2.05) is 46.1 Å². The van der Waals surface area contributed by atoms with Gasteiger partial charge in [-0.05, 0) is 31.6 Å². The lowest BCUT2D eigenvalue weighted by Crippen LogP contribution is -2.38. The lowest BCUT2D eigenvalue weighted by Gasteiger charge is -2.24. The van der Waals surface area contributed by atoms with Crippen LogP contribution in [0.15, 0.2) is 41.7 Å². The number of hydrogen-bond donors (Lipinski definition) is 5. The molecule has 27 heavy (non-hydrogen) atoms. The fraction of sp³-hybridized carbons (Fsp3) is 0.500. The van der Waals surface area contributed by atoms with E-state index in [0.29, 0.717) is 37.3 Å². The number of hydrogen-bond acceptors (Lipinski definition) is 5. The first kappa shape index (κ1) is 22.7. The highest BCUT2D eigenvalue weighted by Gasteiger charge is 2.24. The average Bonchev–Trinajstić information content (AvgIpc) is 2.61. The molecule has 0 saturated carbocycles. The predicted molar refractivity (Wildman–Crippen MR) is 110 cm³/mol. The first-order chi connectivity index (χ1) is 12.8. The molecule has 0 spiro atoms. The molecule has 1 aromatic carbocycles. The number of amides is 2. The van der Waals surface area contributed by atoms with Crippen LogP contribution in [0.4, 0.5) is 5.69 Å². The molecule has 0 radical (unpaired) electrons. The molecule has 0 aliphatic rings. The van der Waals surface area contributed by atoms with E-state index in [1.165, 1.54) is 0 Å². The normalized spacial score (nSPS) is 12.2. The zero-order valence-electron chi connectivity index (χ0n) is 17.0. The predicted octanol–water partition coefficient (Wildman–Crippen LogP) is 1.42. The molecule has 1 aromatic rings. The van der Waals surface area contributed by atoms with E-state index in [-0.39, 0.29) is 22.9 Å². The molecular formula is C20H33N5O2. The number of rotatable bonds is 11. The van der Waals surface area contributed by atoms with E-state index in [0.717, 1.165) is 0 Å². The summed E-state index contributed by atoms with van der Waals surface area (Å²) < 4.78 is 0. The summed E-state index contributed by atoms with van der Waals surface area (Å²) in [6.45, 7) is 5.40. The molecular weight excluding hydrogens is 342 g/mol. The van der Waals surface area contributed by atoms with E-state index in [4.69, 9.17) is 0 Å². The maximum atomic E-state index is 12.8. The Bertz CT molecular complexity index is 641. The van der Waals surface area contributed by atoms with Gasteiger partial charge in [0.25, 0.3) is 5.91 Å². The van der Waals surface area contributed by atoms with Crippen molar-refractivity contribution in [3.63, 3.8) is 0 Å². The van der Waals surface area contributed by atoms with E-state index < -0.39 is 0 Å². The summed E-state index contributed by atoms with van der Waals surface area (Å²) >= 11 is 0. The highest BCUT2D eigenvalue weighted by atomic mass is 16.2. The van der Waals surface area contributed by atoms with Crippen LogP contribution in [0.3, 0.4) is 0 Å². The topological polar surface area (TPSA) is 94.3 Å². The maximum absolute atomic E-state index is 12.8. The zero-order valence-corrected chi connectivity index (χ0v) is 17.0. The highest BCUT2D eigenvalue weighted by Crippen LogP contribution is 2.19. The molecule has 2 amide bonds. The fourth-order valence-corrected chi connectivity index (χ4v) is 2.77. The van der Waals surface area contributed by atoms with Crippen LogP contribution in [0.5, 0.6) is 0 Å². The van der Waals surface area contributed by atoms with E-state index in [2.05, 4.69) is 26.6 Å². The Balaban J connectivity index is 3.01. The molecule has 1 rings (SSSR count). The van der Waals surface area contributed by atoms with Gasteiger partial charge in [0.15, 0.2) is 0 Å². The molecule has 0 fully saturated rings. The second-order valence-corrected chi connectivity index (χ2v) is 7.20. The van der Waals surface area contributed by atoms with Crippen molar-refractivity contribution >= 4 is 17.5 Å². The molecule has 0 saturated heterocycles. The van der Waals surface area contributed by atoms with Gasteiger partial charge >= 0.3 is 0 Å². The number of para-hydroxylation sites is 1. The molecule has 0 bridgehead atoms. The maximum Gasteiger partial charge on any atom is 0.273 e. The SMILES string of the molecule is CNCC/C(NC)=C(\NC(=O)CC(C)(C)CNC)C(=O)Nc1ccccc1. The van der Waals surface area contributed by atoms with Crippen molar-refractivity contribution in [2.45, 2.75) is 26.7 Å². The molecule has 0 aliphatic carbocycles. The molecule has 5 N–H and O–H groups in total. The molecule has 0 unspecified atom stereocenters. The van der Waals surface area contributed by atoms with Crippen LogP contribution in [0.1, 0.15) is 26.7 Å². The van der Waals surface area contributed by atoms with E-state index in [9.17, 15) is 9.59 Å². The third kappa shape index (κ3) is 8.23. The lowest BCUT2D eigenvalue weighted by molar-refractivity contribution is -0.124. The largest absolute Gasteiger partial charge is 0.390 e. The van der Waals surface area contributed by atoms with Gasteiger partial charge < -0.3 is 26.6 Å². The van der Waals surface area contributed by atoms with Gasteiger partial charge in [-0.15, -0.1) is 0 Å². The van der Waals surface area contributed by atoms with Gasteiger partial charge in [-0.25, -0.2) is 0 Å². The quantitative estimate of drug-likeness (QED) is 0.377. The zero-order chi connectivity index (χ0) is 20.3. The van der Waals surface area contributed by atoms with Gasteiger partial charge in [0, 0.05) is 44.4 Å². The Morgan fingerprint density at radius 1 is 1.00 bits per heavy atom. The smallest absolute Gasteiger partial charge is 0.273 e. The van der Waals surface area contributed by atoms with E-state index >= 15 is 0 Å². The van der Waals surface area contributed by atoms with Crippen LogP contribution < -0.4 is 26.6 Å². The van der Waals surface area contributed by atoms with Crippen LogP contribution in [-0.2, 0) is 9.59 Å². The Labute approximate surface area is 162 Å². The van der Waals surface area contributed by atoms with Crippen LogP contribution >= 0.6 is 0 Å². The minimum absolute atomic E-state index is 0.189. The third-order valence-electron chi connectivity index (χ3n) is 4.05. The summed E-state index contributed by atoms with van der Waals surface area (Å²) in [6, 6.07) is 9.18. The monoisotopic (exact) mass is 375 g/mol. The average molecular weight is 376 g/mol. The number of nitrogens with one attached hydrogen (secondary N) is 5. The van der Waals surface area contributed by atoms with Gasteiger partial charge in [0.05, 0.1) is 0 Å². The van der Waals surface area contributed by atoms with Crippen molar-refractivity contribution in [3.8, 4) is 0 Å². The lowest BCUT2D eigenvalue weighted by atomic mass is 9.89. The van der Waals surface area contributed by atoms with Crippen LogP contribution in [0.25, 0.3) is 0 Å². The number of benzene rings is 1. The standard InChI is InChI=1S/C20H33N5O2/c1-20(2,14-22-4)13-17(26)25-18(16(23-5)11-12-21-3)19(27)24-15-9-7-6-8-10-15/h6-10,21-23H,11-14H2,1-5H3,(H,24,27)(H,25,26)/b18-16+. The fourth-order valence-electron chi connectivity index (χ4n) is 2.77. The summed E-state index contributed by atoms with van der Waals surface area (Å²) in [6.07, 6.45) is 0.893. The van der Waals surface area contributed by atoms with Crippen molar-refractivity contribution in [1.82, 2.24) is 21.3 Å². The summed E-state index contributed by atoms with van der Waals surface area (Å²) in [5.41, 5.74) is 1.39. The van der Waals surface area contributed by atoms with Crippen molar-refractivity contribution < 1.29 is 9.59 Å².